The number of halogens is 5. The Morgan fingerprint density at radius 3 is 2.53 bits per heavy atom. The molecule has 0 aliphatic rings. The molecule has 0 saturated carbocycles. The number of benzene rings is 1. The van der Waals surface area contributed by atoms with Crippen LogP contribution in [0.3, 0.4) is 0 Å². The third-order valence-corrected chi connectivity index (χ3v) is 2.65. The number of nitrogens with zero attached hydrogens (tertiary/aromatic N) is 1. The fraction of sp³-hybridized carbons (Fsp3) is 0.273. The van der Waals surface area contributed by atoms with E-state index < -0.39 is 22.5 Å². The molecule has 0 radical (unpaired) electrons. The lowest BCUT2D eigenvalue weighted by atomic mass is 10.1. The van der Waals surface area contributed by atoms with Crippen LogP contribution < -0.4 is 0 Å². The predicted molar refractivity (Wildman–Crippen MR) is 65.5 cm³/mol. The Bertz CT molecular complexity index is 501. The average molecular weight is 314 g/mol. The molecule has 0 spiro atoms. The SMILES string of the molecule is C/C(=N\OC(=O)c1cccc(C(F)(F)F)c1)C(Cl)Cl. The molecule has 0 aromatic heterocycles. The monoisotopic (exact) mass is 313 g/mol. The van der Waals surface area contributed by atoms with Crippen LogP contribution in [0.5, 0.6) is 0 Å². The maximum atomic E-state index is 12.4. The number of carbonyl (C=O) groups is 1. The van der Waals surface area contributed by atoms with Gasteiger partial charge in [0.15, 0.2) is 0 Å². The lowest BCUT2D eigenvalue weighted by molar-refractivity contribution is -0.137. The number of oxime groups is 1. The third kappa shape index (κ3) is 4.72. The summed E-state index contributed by atoms with van der Waals surface area (Å²) in [4.78, 5) is 14.9. The molecule has 0 aliphatic carbocycles. The van der Waals surface area contributed by atoms with Crippen LogP contribution in [0.2, 0.25) is 0 Å². The van der Waals surface area contributed by atoms with Gasteiger partial charge in [0.25, 0.3) is 0 Å². The molecule has 0 unspecified atom stereocenters. The van der Waals surface area contributed by atoms with Crippen LogP contribution in [-0.4, -0.2) is 16.5 Å². The summed E-state index contributed by atoms with van der Waals surface area (Å²) in [6.45, 7) is 1.41. The van der Waals surface area contributed by atoms with Gasteiger partial charge < -0.3 is 4.84 Å². The molecule has 1 aromatic carbocycles. The van der Waals surface area contributed by atoms with Gasteiger partial charge in [-0.25, -0.2) is 4.79 Å². The second kappa shape index (κ2) is 6.25. The van der Waals surface area contributed by atoms with Crippen LogP contribution in [0, 0.1) is 0 Å². The Balaban J connectivity index is 2.87. The zero-order chi connectivity index (χ0) is 14.6. The number of carbonyl (C=O) groups excluding carboxylic acids is 1. The van der Waals surface area contributed by atoms with E-state index in [9.17, 15) is 18.0 Å². The van der Waals surface area contributed by atoms with Crippen LogP contribution in [0.1, 0.15) is 22.8 Å². The van der Waals surface area contributed by atoms with Crippen molar-refractivity contribution in [2.75, 3.05) is 0 Å². The first-order valence-corrected chi connectivity index (χ1v) is 5.80. The minimum absolute atomic E-state index is 0.114. The summed E-state index contributed by atoms with van der Waals surface area (Å²) < 4.78 is 37.3. The fourth-order valence-electron chi connectivity index (χ4n) is 1.03. The Labute approximate surface area is 116 Å². The van der Waals surface area contributed by atoms with E-state index in [1.54, 1.807) is 0 Å². The highest BCUT2D eigenvalue weighted by Gasteiger charge is 2.31. The minimum atomic E-state index is -4.53. The van der Waals surface area contributed by atoms with Gasteiger partial charge in [-0.05, 0) is 25.1 Å². The molecule has 0 fully saturated rings. The molecule has 0 N–H and O–H groups in total. The molecule has 0 atom stereocenters. The highest BCUT2D eigenvalue weighted by Crippen LogP contribution is 2.29. The van der Waals surface area contributed by atoms with Crippen molar-refractivity contribution in [3.8, 4) is 0 Å². The molecule has 0 bridgehead atoms. The van der Waals surface area contributed by atoms with Crippen molar-refractivity contribution in [2.45, 2.75) is 17.9 Å². The van der Waals surface area contributed by atoms with Gasteiger partial charge in [-0.1, -0.05) is 34.4 Å². The molecule has 0 saturated heterocycles. The highest BCUT2D eigenvalue weighted by atomic mass is 35.5. The van der Waals surface area contributed by atoms with E-state index in [4.69, 9.17) is 23.2 Å². The van der Waals surface area contributed by atoms with Gasteiger partial charge in [0, 0.05) is 0 Å². The van der Waals surface area contributed by atoms with E-state index >= 15 is 0 Å². The van der Waals surface area contributed by atoms with Gasteiger partial charge in [-0.15, -0.1) is 0 Å². The van der Waals surface area contributed by atoms with Crippen molar-refractivity contribution in [3.63, 3.8) is 0 Å². The van der Waals surface area contributed by atoms with Crippen molar-refractivity contribution in [3.05, 3.63) is 35.4 Å². The maximum Gasteiger partial charge on any atom is 0.416 e. The highest BCUT2D eigenvalue weighted by molar-refractivity contribution is 6.54. The van der Waals surface area contributed by atoms with Gasteiger partial charge in [0.1, 0.15) is 4.84 Å². The second-order valence-corrected chi connectivity index (χ2v) is 4.59. The molecular weight excluding hydrogens is 306 g/mol. The van der Waals surface area contributed by atoms with Crippen LogP contribution >= 0.6 is 23.2 Å². The molecule has 0 amide bonds. The standard InChI is InChI=1S/C11H8Cl2F3NO2/c1-6(9(12)13)17-19-10(18)7-3-2-4-8(5-7)11(14,15)16/h2-5,9H,1H3/b17-6+. The van der Waals surface area contributed by atoms with Crippen molar-refractivity contribution in [1.82, 2.24) is 0 Å². The van der Waals surface area contributed by atoms with E-state index in [1.807, 2.05) is 0 Å². The third-order valence-electron chi connectivity index (χ3n) is 2.01. The minimum Gasteiger partial charge on any atom is -0.313 e. The lowest BCUT2D eigenvalue weighted by Crippen LogP contribution is -2.10. The molecule has 0 aliphatic heterocycles. The van der Waals surface area contributed by atoms with Gasteiger partial charge >= 0.3 is 12.1 Å². The van der Waals surface area contributed by atoms with Crippen LogP contribution in [0.4, 0.5) is 13.2 Å². The van der Waals surface area contributed by atoms with Gasteiger partial charge in [-0.3, -0.25) is 0 Å². The van der Waals surface area contributed by atoms with Crippen molar-refractivity contribution >= 4 is 34.9 Å². The fourth-order valence-corrected chi connectivity index (χ4v) is 1.11. The zero-order valence-corrected chi connectivity index (χ0v) is 11.1. The first kappa shape index (κ1) is 15.8. The molecule has 104 valence electrons. The summed E-state index contributed by atoms with van der Waals surface area (Å²) in [6.07, 6.45) is -4.53. The zero-order valence-electron chi connectivity index (χ0n) is 9.54. The van der Waals surface area contributed by atoms with Crippen molar-refractivity contribution < 1.29 is 22.8 Å². The molecule has 1 aromatic rings. The summed E-state index contributed by atoms with van der Waals surface area (Å²) >= 11 is 10.9. The Morgan fingerprint density at radius 2 is 2.00 bits per heavy atom. The Hall–Kier alpha value is -1.27. The summed E-state index contributed by atoms with van der Waals surface area (Å²) in [5, 5.41) is 3.31. The van der Waals surface area contributed by atoms with E-state index in [0.29, 0.717) is 6.07 Å². The van der Waals surface area contributed by atoms with Crippen LogP contribution in [0.15, 0.2) is 29.4 Å². The van der Waals surface area contributed by atoms with E-state index in [0.717, 1.165) is 12.1 Å². The summed E-state index contributed by atoms with van der Waals surface area (Å²) in [6, 6.07) is 3.80. The van der Waals surface area contributed by atoms with Crippen LogP contribution in [0.25, 0.3) is 0 Å². The van der Waals surface area contributed by atoms with Crippen molar-refractivity contribution in [1.29, 1.82) is 0 Å². The number of alkyl halides is 5. The molecule has 3 nitrogen and oxygen atoms in total. The van der Waals surface area contributed by atoms with Crippen LogP contribution in [-0.2, 0) is 11.0 Å². The summed E-state index contributed by atoms with van der Waals surface area (Å²) in [7, 11) is 0. The van der Waals surface area contributed by atoms with E-state index in [1.165, 1.54) is 13.0 Å². The molecule has 0 heterocycles. The predicted octanol–water partition coefficient (Wildman–Crippen LogP) is 4.04. The Morgan fingerprint density at radius 1 is 1.37 bits per heavy atom. The smallest absolute Gasteiger partial charge is 0.313 e. The Kier molecular flexibility index (Phi) is 5.20. The molecule has 19 heavy (non-hydrogen) atoms. The molecule has 8 heteroatoms. The average Bonchev–Trinajstić information content (AvgIpc) is 2.34. The van der Waals surface area contributed by atoms with E-state index in [2.05, 4.69) is 9.99 Å². The normalized spacial score (nSPS) is 12.7. The number of hydrogen-bond acceptors (Lipinski definition) is 3. The van der Waals surface area contributed by atoms with Crippen molar-refractivity contribution in [2.24, 2.45) is 5.16 Å². The topological polar surface area (TPSA) is 38.7 Å². The van der Waals surface area contributed by atoms with Gasteiger partial charge in [0.2, 0.25) is 0 Å². The molecule has 1 rings (SSSR count). The quantitative estimate of drug-likeness (QED) is 0.365. The summed E-state index contributed by atoms with van der Waals surface area (Å²) in [5.74, 6) is -1.03. The number of hydrogen-bond donors (Lipinski definition) is 0. The number of rotatable bonds is 3. The first-order valence-electron chi connectivity index (χ1n) is 4.93. The van der Waals surface area contributed by atoms with Gasteiger partial charge in [-0.2, -0.15) is 13.2 Å². The lowest BCUT2D eigenvalue weighted by Gasteiger charge is -2.07. The first-order chi connectivity index (χ1) is 8.71. The van der Waals surface area contributed by atoms with E-state index in [-0.39, 0.29) is 11.3 Å². The largest absolute Gasteiger partial charge is 0.416 e. The van der Waals surface area contributed by atoms with Gasteiger partial charge in [0.05, 0.1) is 16.8 Å². The second-order valence-electron chi connectivity index (χ2n) is 3.49. The molecular formula is C11H8Cl2F3NO2. The summed E-state index contributed by atoms with van der Waals surface area (Å²) in [5.41, 5.74) is -1.11. The maximum absolute atomic E-state index is 12.4.